The lowest BCUT2D eigenvalue weighted by Crippen LogP contribution is -2.46. The van der Waals surface area contributed by atoms with Gasteiger partial charge in [0.1, 0.15) is 0 Å². The summed E-state index contributed by atoms with van der Waals surface area (Å²) in [4.78, 5) is 0. The van der Waals surface area contributed by atoms with E-state index in [1.165, 1.54) is 0 Å². The summed E-state index contributed by atoms with van der Waals surface area (Å²) >= 11 is 0. The van der Waals surface area contributed by atoms with Crippen LogP contribution in [0.1, 0.15) is 11.5 Å². The summed E-state index contributed by atoms with van der Waals surface area (Å²) in [5, 5.41) is 32.5. The Morgan fingerprint density at radius 2 is 1.83 bits per heavy atom. The van der Waals surface area contributed by atoms with E-state index >= 15 is 0 Å². The number of rotatable bonds is 1. The van der Waals surface area contributed by atoms with Crippen molar-refractivity contribution in [3.05, 3.63) is 58.8 Å². The zero-order valence-electron chi connectivity index (χ0n) is 12.5. The van der Waals surface area contributed by atoms with Crippen LogP contribution in [0.4, 0.5) is 0 Å². The standard InChI is InChI=1S/C18H15N5/c19-8-15-17(22)13-6-7-23-9-14(13)16(18(15,10-20)11-21)12-4-2-1-3-5-12/h1-6,14,16,23H,7,9,22H2. The maximum Gasteiger partial charge on any atom is 0.187 e. The largest absolute Gasteiger partial charge is 0.398 e. The predicted octanol–water partition coefficient (Wildman–Crippen LogP) is 1.70. The SMILES string of the molecule is N#CC1=C(N)C2=CCNCC2C(c2ccccc2)C1(C#N)C#N. The summed E-state index contributed by atoms with van der Waals surface area (Å²) in [6.07, 6.45) is 1.95. The van der Waals surface area contributed by atoms with Crippen molar-refractivity contribution >= 4 is 0 Å². The van der Waals surface area contributed by atoms with Crippen LogP contribution in [-0.4, -0.2) is 13.1 Å². The highest BCUT2D eigenvalue weighted by atomic mass is 14.9. The number of benzene rings is 1. The summed E-state index contributed by atoms with van der Waals surface area (Å²) < 4.78 is 0. The van der Waals surface area contributed by atoms with Gasteiger partial charge in [-0.25, -0.2) is 0 Å². The van der Waals surface area contributed by atoms with Gasteiger partial charge >= 0.3 is 0 Å². The molecule has 0 saturated carbocycles. The minimum atomic E-state index is -1.57. The van der Waals surface area contributed by atoms with E-state index < -0.39 is 11.3 Å². The Hall–Kier alpha value is -3.07. The van der Waals surface area contributed by atoms with Crippen LogP contribution in [-0.2, 0) is 0 Å². The second-order valence-electron chi connectivity index (χ2n) is 5.74. The molecule has 0 amide bonds. The molecule has 0 saturated heterocycles. The first-order chi connectivity index (χ1) is 11.2. The number of nitrogens with zero attached hydrogens (tertiary/aromatic N) is 3. The number of hydrogen-bond donors (Lipinski definition) is 2. The van der Waals surface area contributed by atoms with Crippen molar-refractivity contribution in [2.45, 2.75) is 5.92 Å². The summed E-state index contributed by atoms with van der Waals surface area (Å²) in [7, 11) is 0. The summed E-state index contributed by atoms with van der Waals surface area (Å²) in [5.74, 6) is -0.540. The number of fused-ring (bicyclic) bond motifs is 1. The highest BCUT2D eigenvalue weighted by molar-refractivity contribution is 5.59. The summed E-state index contributed by atoms with van der Waals surface area (Å²) in [6.45, 7) is 1.29. The Balaban J connectivity index is 2.34. The fraction of sp³-hybridized carbons (Fsp3) is 0.278. The van der Waals surface area contributed by atoms with Crippen molar-refractivity contribution in [3.8, 4) is 18.2 Å². The van der Waals surface area contributed by atoms with E-state index in [0.717, 1.165) is 11.1 Å². The van der Waals surface area contributed by atoms with Gasteiger partial charge in [0.15, 0.2) is 5.41 Å². The normalized spacial score (nSPS) is 25.3. The molecule has 0 radical (unpaired) electrons. The molecular formula is C18H15N5. The molecule has 5 nitrogen and oxygen atoms in total. The Morgan fingerprint density at radius 1 is 1.13 bits per heavy atom. The van der Waals surface area contributed by atoms with E-state index in [9.17, 15) is 15.8 Å². The molecule has 3 rings (SSSR count). The quantitative estimate of drug-likeness (QED) is 0.820. The van der Waals surface area contributed by atoms with Crippen LogP contribution in [0.5, 0.6) is 0 Å². The number of nitrogens with two attached hydrogens (primary N) is 1. The first kappa shape index (κ1) is 14.9. The molecule has 1 heterocycles. The van der Waals surface area contributed by atoms with Crippen LogP contribution in [0.25, 0.3) is 0 Å². The van der Waals surface area contributed by atoms with E-state index in [4.69, 9.17) is 5.73 Å². The lowest BCUT2D eigenvalue weighted by molar-refractivity contribution is 0.333. The van der Waals surface area contributed by atoms with Crippen LogP contribution in [0.2, 0.25) is 0 Å². The van der Waals surface area contributed by atoms with Crippen molar-refractivity contribution in [1.29, 1.82) is 15.8 Å². The van der Waals surface area contributed by atoms with Crippen LogP contribution in [0.3, 0.4) is 0 Å². The first-order valence-electron chi connectivity index (χ1n) is 7.38. The molecule has 0 bridgehead atoms. The topological polar surface area (TPSA) is 109 Å². The van der Waals surface area contributed by atoms with E-state index in [2.05, 4.69) is 17.5 Å². The molecule has 1 aliphatic heterocycles. The second kappa shape index (κ2) is 5.61. The third-order valence-corrected chi connectivity index (χ3v) is 4.70. The van der Waals surface area contributed by atoms with Gasteiger partial charge in [0.25, 0.3) is 0 Å². The minimum absolute atomic E-state index is 0.0701. The lowest BCUT2D eigenvalue weighted by atomic mass is 9.57. The van der Waals surface area contributed by atoms with Gasteiger partial charge in [-0.05, 0) is 11.1 Å². The molecule has 5 heteroatoms. The molecule has 1 aliphatic carbocycles. The predicted molar refractivity (Wildman–Crippen MR) is 84.1 cm³/mol. The van der Waals surface area contributed by atoms with Crippen molar-refractivity contribution < 1.29 is 0 Å². The van der Waals surface area contributed by atoms with E-state index in [0.29, 0.717) is 13.1 Å². The fourth-order valence-corrected chi connectivity index (χ4v) is 3.67. The lowest BCUT2D eigenvalue weighted by Gasteiger charge is -2.43. The molecule has 2 atom stereocenters. The number of nitriles is 3. The van der Waals surface area contributed by atoms with Crippen molar-refractivity contribution in [2.24, 2.45) is 17.1 Å². The van der Waals surface area contributed by atoms with Gasteiger partial charge in [0.2, 0.25) is 0 Å². The molecule has 1 aromatic rings. The Morgan fingerprint density at radius 3 is 2.43 bits per heavy atom. The fourth-order valence-electron chi connectivity index (χ4n) is 3.67. The Kier molecular flexibility index (Phi) is 3.62. The van der Waals surface area contributed by atoms with E-state index in [1.807, 2.05) is 42.5 Å². The highest BCUT2D eigenvalue weighted by Crippen LogP contribution is 2.53. The van der Waals surface area contributed by atoms with Crippen LogP contribution in [0, 0.1) is 45.3 Å². The summed E-state index contributed by atoms with van der Waals surface area (Å²) in [5.41, 5.74) is 6.70. The van der Waals surface area contributed by atoms with Gasteiger partial charge < -0.3 is 11.1 Å². The Labute approximate surface area is 134 Å². The van der Waals surface area contributed by atoms with Gasteiger partial charge in [0, 0.05) is 24.9 Å². The van der Waals surface area contributed by atoms with Crippen molar-refractivity contribution in [2.75, 3.05) is 13.1 Å². The smallest absolute Gasteiger partial charge is 0.187 e. The van der Waals surface area contributed by atoms with Crippen LogP contribution in [0.15, 0.2) is 53.3 Å². The zero-order valence-corrected chi connectivity index (χ0v) is 12.5. The van der Waals surface area contributed by atoms with Gasteiger partial charge in [-0.1, -0.05) is 36.4 Å². The number of hydrogen-bond acceptors (Lipinski definition) is 5. The van der Waals surface area contributed by atoms with Crippen molar-refractivity contribution in [3.63, 3.8) is 0 Å². The Bertz CT molecular complexity index is 800. The molecule has 0 fully saturated rings. The monoisotopic (exact) mass is 301 g/mol. The van der Waals surface area contributed by atoms with E-state index in [-0.39, 0.29) is 17.2 Å². The van der Waals surface area contributed by atoms with Crippen LogP contribution >= 0.6 is 0 Å². The highest BCUT2D eigenvalue weighted by Gasteiger charge is 2.54. The molecule has 2 unspecified atom stereocenters. The summed E-state index contributed by atoms with van der Waals surface area (Å²) in [6, 6.07) is 15.7. The maximum atomic E-state index is 9.83. The maximum absolute atomic E-state index is 9.83. The molecule has 3 N–H and O–H groups in total. The third-order valence-electron chi connectivity index (χ3n) is 4.70. The average Bonchev–Trinajstić information content (AvgIpc) is 2.62. The average molecular weight is 301 g/mol. The number of allylic oxidation sites excluding steroid dienone is 2. The molecule has 0 spiro atoms. The van der Waals surface area contributed by atoms with Gasteiger partial charge in [0.05, 0.1) is 29.5 Å². The first-order valence-corrected chi connectivity index (χ1v) is 7.38. The van der Waals surface area contributed by atoms with Gasteiger partial charge in [-0.3, -0.25) is 0 Å². The van der Waals surface area contributed by atoms with Gasteiger partial charge in [-0.2, -0.15) is 15.8 Å². The minimum Gasteiger partial charge on any atom is -0.398 e. The molecule has 112 valence electrons. The molecule has 23 heavy (non-hydrogen) atoms. The molecule has 1 aromatic carbocycles. The molecular weight excluding hydrogens is 286 g/mol. The second-order valence-corrected chi connectivity index (χ2v) is 5.74. The third kappa shape index (κ3) is 2.01. The van der Waals surface area contributed by atoms with E-state index in [1.54, 1.807) is 0 Å². The van der Waals surface area contributed by atoms with Gasteiger partial charge in [-0.15, -0.1) is 0 Å². The van der Waals surface area contributed by atoms with Crippen molar-refractivity contribution in [1.82, 2.24) is 5.32 Å². The molecule has 0 aromatic heterocycles. The molecule has 2 aliphatic rings. The number of nitrogens with one attached hydrogen (secondary N) is 1. The van der Waals surface area contributed by atoms with Crippen LogP contribution < -0.4 is 11.1 Å². The zero-order chi connectivity index (χ0) is 16.4.